The van der Waals surface area contributed by atoms with Crippen molar-refractivity contribution in [1.82, 2.24) is 9.55 Å². The number of rotatable bonds is 38. The molecule has 0 saturated carbocycles. The topological polar surface area (TPSA) is 17.8 Å². The fraction of sp³-hybridized carbons (Fsp3) is 0.722. The molecule has 2 unspecified atom stereocenters. The van der Waals surface area contributed by atoms with Crippen molar-refractivity contribution in [1.29, 1.82) is 0 Å². The maximum atomic E-state index is 5.19. The number of hydrogen-bond donors (Lipinski definition) is 0. The molecule has 0 aliphatic rings. The smallest absolute Gasteiger partial charge is 0.112 e. The van der Waals surface area contributed by atoms with Gasteiger partial charge in [-0.2, -0.15) is 0 Å². The maximum absolute atomic E-state index is 5.19. The molecule has 56 heavy (non-hydrogen) atoms. The van der Waals surface area contributed by atoms with Crippen LogP contribution in [0.2, 0.25) is 0 Å². The van der Waals surface area contributed by atoms with Crippen LogP contribution in [0.1, 0.15) is 249 Å². The Balaban J connectivity index is 1.45. The van der Waals surface area contributed by atoms with Crippen LogP contribution in [0.15, 0.2) is 73.1 Å². The molecule has 0 radical (unpaired) electrons. The summed E-state index contributed by atoms with van der Waals surface area (Å²) in [6, 6.07) is 22.6. The second-order valence-electron chi connectivity index (χ2n) is 18.0. The molecule has 2 nitrogen and oxygen atoms in total. The first kappa shape index (κ1) is 48.0. The van der Waals surface area contributed by atoms with Crippen LogP contribution in [0.25, 0.3) is 0 Å². The normalized spacial score (nSPS) is 13.3. The summed E-state index contributed by atoms with van der Waals surface area (Å²) in [6.07, 6.45) is 50.4. The number of benzene rings is 2. The van der Waals surface area contributed by atoms with Gasteiger partial charge in [-0.25, -0.2) is 4.98 Å². The summed E-state index contributed by atoms with van der Waals surface area (Å²) in [4.78, 5) is 5.19. The molecular formula is C54H90N2. The fourth-order valence-electron chi connectivity index (χ4n) is 9.37. The van der Waals surface area contributed by atoms with E-state index in [9.17, 15) is 0 Å². The minimum absolute atomic E-state index is 0.0312. The molecule has 0 aliphatic heterocycles. The molecular weight excluding hydrogens is 677 g/mol. The molecule has 0 aliphatic carbocycles. The summed E-state index contributed by atoms with van der Waals surface area (Å²) in [6.45, 7) is 8.26. The first-order chi connectivity index (χ1) is 27.7. The lowest BCUT2D eigenvalue weighted by atomic mass is 9.66. The van der Waals surface area contributed by atoms with Crippen LogP contribution in [-0.4, -0.2) is 9.55 Å². The Morgan fingerprint density at radius 2 is 0.839 bits per heavy atom. The van der Waals surface area contributed by atoms with E-state index in [4.69, 9.17) is 4.98 Å². The molecule has 1 aromatic heterocycles. The monoisotopic (exact) mass is 767 g/mol. The number of imidazole rings is 1. The van der Waals surface area contributed by atoms with Gasteiger partial charge in [0.2, 0.25) is 0 Å². The van der Waals surface area contributed by atoms with Crippen LogP contribution in [0.4, 0.5) is 0 Å². The Labute approximate surface area is 348 Å². The van der Waals surface area contributed by atoms with Gasteiger partial charge in [0.25, 0.3) is 0 Å². The lowest BCUT2D eigenvalue weighted by molar-refractivity contribution is 0.321. The number of aromatic nitrogens is 2. The molecule has 316 valence electrons. The minimum Gasteiger partial charge on any atom is -0.335 e. The lowest BCUT2D eigenvalue weighted by Gasteiger charge is -2.39. The van der Waals surface area contributed by atoms with Crippen LogP contribution in [-0.2, 0) is 18.4 Å². The van der Waals surface area contributed by atoms with Crippen molar-refractivity contribution in [2.24, 2.45) is 0 Å². The van der Waals surface area contributed by atoms with Gasteiger partial charge in [-0.05, 0) is 30.4 Å². The third-order valence-electron chi connectivity index (χ3n) is 13.0. The molecule has 3 aromatic rings. The van der Waals surface area contributed by atoms with Gasteiger partial charge in [0.1, 0.15) is 5.82 Å². The van der Waals surface area contributed by atoms with E-state index in [1.54, 1.807) is 0 Å². The molecule has 0 N–H and O–H groups in total. The molecule has 1 heterocycles. The van der Waals surface area contributed by atoms with Crippen LogP contribution in [0, 0.1) is 0 Å². The predicted molar refractivity (Wildman–Crippen MR) is 248 cm³/mol. The third-order valence-corrected chi connectivity index (χ3v) is 13.0. The van der Waals surface area contributed by atoms with Gasteiger partial charge in [0, 0.05) is 30.3 Å². The molecule has 2 aromatic carbocycles. The van der Waals surface area contributed by atoms with E-state index in [2.05, 4.69) is 98.4 Å². The van der Waals surface area contributed by atoms with E-state index >= 15 is 0 Å². The van der Waals surface area contributed by atoms with Crippen LogP contribution in [0.3, 0.4) is 0 Å². The number of aryl methyl sites for hydroxylation is 1. The molecule has 0 spiro atoms. The summed E-state index contributed by atoms with van der Waals surface area (Å²) in [7, 11) is 0. The lowest BCUT2D eigenvalue weighted by Crippen LogP contribution is -2.35. The number of unbranched alkanes of at least 4 members (excludes halogenated alkanes) is 29. The first-order valence-corrected chi connectivity index (χ1v) is 24.8. The summed E-state index contributed by atoms with van der Waals surface area (Å²) in [5.41, 5.74) is 2.85. The Morgan fingerprint density at radius 3 is 1.27 bits per heavy atom. The molecule has 2 atom stereocenters. The highest BCUT2D eigenvalue weighted by atomic mass is 15.1. The van der Waals surface area contributed by atoms with Crippen LogP contribution in [0.5, 0.6) is 0 Å². The van der Waals surface area contributed by atoms with E-state index in [0.29, 0.717) is 5.92 Å². The van der Waals surface area contributed by atoms with Crippen molar-refractivity contribution >= 4 is 0 Å². The van der Waals surface area contributed by atoms with Crippen molar-refractivity contribution in [2.45, 2.75) is 251 Å². The third kappa shape index (κ3) is 20.9. The highest BCUT2D eigenvalue weighted by molar-refractivity contribution is 5.33. The molecule has 3 rings (SSSR count). The van der Waals surface area contributed by atoms with Crippen molar-refractivity contribution in [3.63, 3.8) is 0 Å². The summed E-state index contributed by atoms with van der Waals surface area (Å²) in [5.74, 6) is 1.70. The van der Waals surface area contributed by atoms with E-state index in [1.165, 1.54) is 222 Å². The Hall–Kier alpha value is -2.35. The van der Waals surface area contributed by atoms with Crippen LogP contribution < -0.4 is 0 Å². The summed E-state index contributed by atoms with van der Waals surface area (Å²) < 4.78 is 2.55. The summed E-state index contributed by atoms with van der Waals surface area (Å²) >= 11 is 0. The van der Waals surface area contributed by atoms with Crippen molar-refractivity contribution in [3.8, 4) is 0 Å². The van der Waals surface area contributed by atoms with Crippen molar-refractivity contribution < 1.29 is 0 Å². The maximum Gasteiger partial charge on any atom is 0.112 e. The SMILES string of the molecule is CCCCCCCCCCCCCCCCCCCn1ccnc1C(CCCCCCCCCCCCCCCC)C(C)(Cc1ccccc1)c1ccccc1. The molecule has 0 amide bonds. The van der Waals surface area contributed by atoms with E-state index < -0.39 is 0 Å². The zero-order valence-electron chi connectivity index (χ0n) is 37.4. The average molecular weight is 767 g/mol. The van der Waals surface area contributed by atoms with Gasteiger partial charge < -0.3 is 4.57 Å². The predicted octanol–water partition coefficient (Wildman–Crippen LogP) is 17.7. The van der Waals surface area contributed by atoms with Crippen molar-refractivity contribution in [3.05, 3.63) is 90.0 Å². The van der Waals surface area contributed by atoms with E-state index in [1.807, 2.05) is 0 Å². The van der Waals surface area contributed by atoms with Gasteiger partial charge in [0.05, 0.1) is 0 Å². The highest BCUT2D eigenvalue weighted by Crippen LogP contribution is 2.44. The Bertz CT molecular complexity index is 1260. The van der Waals surface area contributed by atoms with E-state index in [0.717, 1.165) is 13.0 Å². The zero-order chi connectivity index (χ0) is 39.6. The highest BCUT2D eigenvalue weighted by Gasteiger charge is 2.39. The second kappa shape index (κ2) is 32.6. The standard InChI is InChI=1S/C54H90N2/c1-4-6-8-10-12-14-16-18-20-21-22-24-26-28-30-32-40-47-56-48-46-55-53(56)52(45-39-31-29-27-25-23-19-17-15-13-11-9-7-5-2)54(3,51-43-37-34-38-44-51)49-50-41-35-33-36-42-50/h33-38,41-44,46,48,52H,4-32,39-40,45,47,49H2,1-3H3. The average Bonchev–Trinajstić information content (AvgIpc) is 3.69. The molecule has 0 fully saturated rings. The molecule has 2 heteroatoms. The van der Waals surface area contributed by atoms with Crippen LogP contribution >= 0.6 is 0 Å². The minimum atomic E-state index is -0.0312. The van der Waals surface area contributed by atoms with Gasteiger partial charge in [-0.3, -0.25) is 0 Å². The number of nitrogens with zero attached hydrogens (tertiary/aromatic N) is 2. The van der Waals surface area contributed by atoms with Gasteiger partial charge in [-0.1, -0.05) is 274 Å². The van der Waals surface area contributed by atoms with Gasteiger partial charge in [-0.15, -0.1) is 0 Å². The quantitative estimate of drug-likeness (QED) is 0.0531. The molecule has 0 saturated heterocycles. The van der Waals surface area contributed by atoms with E-state index in [-0.39, 0.29) is 5.41 Å². The fourth-order valence-corrected chi connectivity index (χ4v) is 9.37. The first-order valence-electron chi connectivity index (χ1n) is 24.8. The van der Waals surface area contributed by atoms with Gasteiger partial charge >= 0.3 is 0 Å². The Kier molecular flexibility index (Phi) is 27.9. The zero-order valence-corrected chi connectivity index (χ0v) is 37.4. The molecule has 0 bridgehead atoms. The van der Waals surface area contributed by atoms with Gasteiger partial charge in [0.15, 0.2) is 0 Å². The van der Waals surface area contributed by atoms with Crippen molar-refractivity contribution in [2.75, 3.05) is 0 Å². The second-order valence-corrected chi connectivity index (χ2v) is 18.0. The number of hydrogen-bond acceptors (Lipinski definition) is 1. The Morgan fingerprint density at radius 1 is 0.464 bits per heavy atom. The summed E-state index contributed by atoms with van der Waals surface area (Å²) in [5, 5.41) is 0. The largest absolute Gasteiger partial charge is 0.335 e.